The van der Waals surface area contributed by atoms with Crippen LogP contribution in [0.1, 0.15) is 22.4 Å². The Morgan fingerprint density at radius 3 is 2.59 bits per heavy atom. The van der Waals surface area contributed by atoms with Gasteiger partial charge in [0.2, 0.25) is 6.23 Å². The van der Waals surface area contributed by atoms with Crippen LogP contribution in [0.5, 0.6) is 0 Å². The van der Waals surface area contributed by atoms with Crippen molar-refractivity contribution in [3.05, 3.63) is 46.6 Å². The van der Waals surface area contributed by atoms with Crippen molar-refractivity contribution in [2.24, 2.45) is 0 Å². The first kappa shape index (κ1) is 17.8. The molecule has 1 saturated heterocycles. The number of fused-ring (bicyclic) bond motifs is 1. The number of likely N-dealkylation sites (N-methyl/N-ethyl adjacent to an activating group) is 1. The number of halogens is 1. The van der Waals surface area contributed by atoms with Crippen molar-refractivity contribution in [2.45, 2.75) is 6.23 Å². The van der Waals surface area contributed by atoms with E-state index in [-0.39, 0.29) is 5.69 Å². The number of rotatable bonds is 2. The molecule has 0 aliphatic carbocycles. The van der Waals surface area contributed by atoms with E-state index in [0.717, 1.165) is 17.6 Å². The first-order valence-corrected chi connectivity index (χ1v) is 9.24. The maximum atomic E-state index is 12.9. The Hall–Kier alpha value is -2.59. The summed E-state index contributed by atoms with van der Waals surface area (Å²) >= 11 is 3.32. The van der Waals surface area contributed by atoms with Gasteiger partial charge in [-0.15, -0.1) is 0 Å². The van der Waals surface area contributed by atoms with Crippen molar-refractivity contribution >= 4 is 33.7 Å². The zero-order valence-corrected chi connectivity index (χ0v) is 16.2. The van der Waals surface area contributed by atoms with Gasteiger partial charge in [0.25, 0.3) is 5.91 Å². The second-order valence-electron chi connectivity index (χ2n) is 6.33. The summed E-state index contributed by atoms with van der Waals surface area (Å²) in [7, 11) is 2.01. The second kappa shape index (κ2) is 7.20. The van der Waals surface area contributed by atoms with Gasteiger partial charge in [-0.25, -0.2) is 19.7 Å². The van der Waals surface area contributed by atoms with Crippen LogP contribution in [0.4, 0.5) is 10.6 Å². The number of nitrogens with zero attached hydrogens (tertiary/aromatic N) is 6. The summed E-state index contributed by atoms with van der Waals surface area (Å²) in [6, 6.07) is 3.43. The van der Waals surface area contributed by atoms with Gasteiger partial charge in [0.1, 0.15) is 11.5 Å². The Morgan fingerprint density at radius 1 is 1.15 bits per heavy atom. The quantitative estimate of drug-likeness (QED) is 0.712. The molecule has 0 saturated carbocycles. The summed E-state index contributed by atoms with van der Waals surface area (Å²) in [4.78, 5) is 43.2. The highest BCUT2D eigenvalue weighted by molar-refractivity contribution is 9.10. The van der Waals surface area contributed by atoms with Crippen molar-refractivity contribution in [3.8, 4) is 0 Å². The maximum Gasteiger partial charge on any atom is 0.412 e. The average molecular weight is 433 g/mol. The van der Waals surface area contributed by atoms with Crippen molar-refractivity contribution in [1.82, 2.24) is 24.8 Å². The average Bonchev–Trinajstić information content (AvgIpc) is 2.95. The third-order valence-corrected chi connectivity index (χ3v) is 5.02. The largest absolute Gasteiger partial charge is 0.419 e. The molecule has 0 N–H and O–H groups in total. The van der Waals surface area contributed by atoms with E-state index >= 15 is 0 Å². The number of anilines is 1. The van der Waals surface area contributed by atoms with Gasteiger partial charge in [-0.2, -0.15) is 0 Å². The Kier molecular flexibility index (Phi) is 4.75. The monoisotopic (exact) mass is 432 g/mol. The summed E-state index contributed by atoms with van der Waals surface area (Å²) < 4.78 is 6.48. The Labute approximate surface area is 164 Å². The molecule has 1 fully saturated rings. The lowest BCUT2D eigenvalue weighted by Gasteiger charge is -2.33. The highest BCUT2D eigenvalue weighted by Gasteiger charge is 2.44. The minimum Gasteiger partial charge on any atom is -0.419 e. The number of hydrogen-bond acceptors (Lipinski definition) is 7. The summed E-state index contributed by atoms with van der Waals surface area (Å²) in [5, 5.41) is 0. The van der Waals surface area contributed by atoms with E-state index in [2.05, 4.69) is 35.8 Å². The van der Waals surface area contributed by atoms with Crippen molar-refractivity contribution < 1.29 is 14.3 Å². The highest BCUT2D eigenvalue weighted by atomic mass is 79.9. The molecule has 2 amide bonds. The Morgan fingerprint density at radius 2 is 1.89 bits per heavy atom. The topological polar surface area (TPSA) is 91.8 Å². The van der Waals surface area contributed by atoms with Gasteiger partial charge in [-0.1, -0.05) is 0 Å². The fourth-order valence-corrected chi connectivity index (χ4v) is 3.27. The maximum absolute atomic E-state index is 12.9. The summed E-state index contributed by atoms with van der Waals surface area (Å²) in [6.07, 6.45) is 3.00. The molecule has 10 heteroatoms. The summed E-state index contributed by atoms with van der Waals surface area (Å²) in [5.74, 6) is -0.0386. The summed E-state index contributed by atoms with van der Waals surface area (Å²) in [6.45, 7) is 2.68. The first-order chi connectivity index (χ1) is 13.0. The predicted octanol–water partition coefficient (Wildman–Crippen LogP) is 1.68. The Bertz CT molecular complexity index is 869. The van der Waals surface area contributed by atoms with Gasteiger partial charge in [0.05, 0.1) is 0 Å². The molecule has 2 aromatic heterocycles. The number of piperazine rings is 1. The fraction of sp³-hybridized carbons (Fsp3) is 0.353. The lowest BCUT2D eigenvalue weighted by atomic mass is 10.3. The van der Waals surface area contributed by atoms with Crippen LogP contribution < -0.4 is 4.90 Å². The van der Waals surface area contributed by atoms with Gasteiger partial charge in [0.15, 0.2) is 5.69 Å². The third kappa shape index (κ3) is 3.37. The zero-order valence-electron chi connectivity index (χ0n) is 14.6. The van der Waals surface area contributed by atoms with Gasteiger partial charge < -0.3 is 14.5 Å². The zero-order chi connectivity index (χ0) is 19.0. The fourth-order valence-electron chi connectivity index (χ4n) is 3.04. The highest BCUT2D eigenvalue weighted by Crippen LogP contribution is 2.35. The van der Waals surface area contributed by atoms with E-state index < -0.39 is 18.2 Å². The summed E-state index contributed by atoms with van der Waals surface area (Å²) in [5.41, 5.74) is 0.480. The minimum absolute atomic E-state index is 0.165. The molecule has 0 bridgehead atoms. The SMILES string of the molecule is CN1CCN(C(=O)OC2c3nccnc3C(=O)N2c2ccc(Br)cn2)CC1. The van der Waals surface area contributed by atoms with Crippen molar-refractivity contribution in [2.75, 3.05) is 38.1 Å². The molecule has 9 nitrogen and oxygen atoms in total. The molecule has 140 valence electrons. The third-order valence-electron chi connectivity index (χ3n) is 4.55. The van der Waals surface area contributed by atoms with Crippen LogP contribution in [-0.2, 0) is 4.74 Å². The molecule has 4 heterocycles. The van der Waals surface area contributed by atoms with Crippen LogP contribution >= 0.6 is 15.9 Å². The Balaban J connectivity index is 1.63. The van der Waals surface area contributed by atoms with Gasteiger partial charge in [0, 0.05) is 49.2 Å². The van der Waals surface area contributed by atoms with E-state index in [1.165, 1.54) is 17.3 Å². The molecule has 0 spiro atoms. The van der Waals surface area contributed by atoms with E-state index in [1.54, 1.807) is 23.2 Å². The van der Waals surface area contributed by atoms with Gasteiger partial charge in [-0.05, 0) is 35.1 Å². The van der Waals surface area contributed by atoms with Crippen LogP contribution in [0, 0.1) is 0 Å². The normalized spacial score (nSPS) is 19.9. The number of aromatic nitrogens is 3. The standard InChI is InChI=1S/C17H17BrN6O3/c1-22-6-8-23(9-7-22)17(26)27-16-14-13(19-4-5-20-14)15(25)24(16)12-3-2-11(18)10-21-12/h2-5,10,16H,6-9H2,1H3. The molecule has 27 heavy (non-hydrogen) atoms. The number of pyridine rings is 1. The smallest absolute Gasteiger partial charge is 0.412 e. The molecule has 0 aromatic carbocycles. The van der Waals surface area contributed by atoms with Crippen molar-refractivity contribution in [3.63, 3.8) is 0 Å². The molecule has 2 aliphatic rings. The van der Waals surface area contributed by atoms with Crippen LogP contribution in [0.25, 0.3) is 0 Å². The van der Waals surface area contributed by atoms with Crippen LogP contribution in [-0.4, -0.2) is 70.0 Å². The molecular formula is C17H17BrN6O3. The first-order valence-electron chi connectivity index (χ1n) is 8.44. The van der Waals surface area contributed by atoms with E-state index in [9.17, 15) is 9.59 Å². The molecule has 1 atom stereocenters. The van der Waals surface area contributed by atoms with Crippen molar-refractivity contribution in [1.29, 1.82) is 0 Å². The van der Waals surface area contributed by atoms with Gasteiger partial charge in [-0.3, -0.25) is 9.78 Å². The molecule has 0 radical (unpaired) electrons. The molecule has 2 aliphatic heterocycles. The second-order valence-corrected chi connectivity index (χ2v) is 7.24. The van der Waals surface area contributed by atoms with E-state index in [4.69, 9.17) is 4.74 Å². The lowest BCUT2D eigenvalue weighted by molar-refractivity contribution is 0.0476. The lowest BCUT2D eigenvalue weighted by Crippen LogP contribution is -2.48. The molecule has 4 rings (SSSR count). The van der Waals surface area contributed by atoms with E-state index in [1.807, 2.05) is 7.05 Å². The molecule has 1 unspecified atom stereocenters. The predicted molar refractivity (Wildman–Crippen MR) is 99.1 cm³/mol. The number of hydrogen-bond donors (Lipinski definition) is 0. The van der Waals surface area contributed by atoms with Crippen LogP contribution in [0.2, 0.25) is 0 Å². The minimum atomic E-state index is -0.998. The number of ether oxygens (including phenoxy) is 1. The number of carbonyl (C=O) groups is 2. The number of carbonyl (C=O) groups excluding carboxylic acids is 2. The van der Waals surface area contributed by atoms with Crippen LogP contribution in [0.3, 0.4) is 0 Å². The molecular weight excluding hydrogens is 416 g/mol. The van der Waals surface area contributed by atoms with E-state index in [0.29, 0.717) is 24.6 Å². The number of amides is 2. The van der Waals surface area contributed by atoms with Gasteiger partial charge >= 0.3 is 6.09 Å². The molecule has 2 aromatic rings. The van der Waals surface area contributed by atoms with Crippen LogP contribution in [0.15, 0.2) is 35.2 Å².